The van der Waals surface area contributed by atoms with Crippen molar-refractivity contribution in [3.63, 3.8) is 0 Å². The first-order valence-corrected chi connectivity index (χ1v) is 1.34. The minimum atomic E-state index is -0.0741. The number of nitrogens with one attached hydrogen (secondary N) is 1. The predicted octanol–water partition coefficient (Wildman–Crippen LogP) is -0.0923. The molecule has 1 rings (SSSR count). The topological polar surface area (TPSA) is 63.7 Å². The molecule has 0 unspecified atom stereocenters. The molecular formula is C2HN4Y4-3. The molecule has 1 aromatic rings. The molecular weight excluding hydrogens is 436 g/mol. The molecule has 0 amide bonds. The summed E-state index contributed by atoms with van der Waals surface area (Å²) in [7, 11) is 0. The normalized spacial score (nSPS) is 5.20. The zero-order chi connectivity index (χ0) is 4.41. The average Bonchev–Trinajstić information content (AvgIpc) is 1.86. The van der Waals surface area contributed by atoms with Gasteiger partial charge in [0.15, 0.2) is 0 Å². The third-order valence-corrected chi connectivity index (χ3v) is 0.345. The quantitative estimate of drug-likeness (QED) is 0.534. The molecule has 8 heteroatoms. The maximum absolute atomic E-state index is 6.56. The Labute approximate surface area is 160 Å². The first kappa shape index (κ1) is 23.3. The minimum Gasteiger partial charge on any atom is -0.702 e. The second-order valence-corrected chi connectivity index (χ2v) is 0.735. The largest absolute Gasteiger partial charge is 0.702 e. The van der Waals surface area contributed by atoms with Crippen LogP contribution in [-0.4, -0.2) is 10.1 Å². The minimum absolute atomic E-state index is 0. The van der Waals surface area contributed by atoms with Crippen molar-refractivity contribution in [1.82, 2.24) is 15.2 Å². The summed E-state index contributed by atoms with van der Waals surface area (Å²) < 4.78 is 0. The van der Waals surface area contributed by atoms with Gasteiger partial charge in [0.05, 0.1) is 0 Å². The van der Waals surface area contributed by atoms with E-state index >= 15 is 0 Å². The Morgan fingerprint density at radius 2 is 1.70 bits per heavy atom. The van der Waals surface area contributed by atoms with Gasteiger partial charge in [-0.25, -0.2) is 6.33 Å². The van der Waals surface area contributed by atoms with Gasteiger partial charge in [-0.05, 0) is 0 Å². The molecule has 0 aliphatic heterocycles. The fraction of sp³-hybridized carbons (Fsp3) is 0. The van der Waals surface area contributed by atoms with Crippen molar-refractivity contribution < 1.29 is 131 Å². The van der Waals surface area contributed by atoms with Crippen LogP contribution in [0.5, 0.6) is 0 Å². The van der Waals surface area contributed by atoms with Crippen LogP contribution in [0.4, 0.5) is 5.95 Å². The van der Waals surface area contributed by atoms with Gasteiger partial charge in [0, 0.05) is 131 Å². The molecule has 0 saturated carbocycles. The summed E-state index contributed by atoms with van der Waals surface area (Å²) in [4.78, 5) is 3.24. The molecule has 1 N–H and O–H groups in total. The van der Waals surface area contributed by atoms with E-state index in [4.69, 9.17) is 5.73 Å². The maximum Gasteiger partial charge on any atom is 0 e. The van der Waals surface area contributed by atoms with E-state index in [0.717, 1.165) is 0 Å². The monoisotopic (exact) mass is 437 g/mol. The molecule has 0 bridgehead atoms. The van der Waals surface area contributed by atoms with E-state index in [1.807, 2.05) is 0 Å². The fourth-order valence-electron chi connectivity index (χ4n) is 0.162. The zero-order valence-electron chi connectivity index (χ0n) is 5.15. The summed E-state index contributed by atoms with van der Waals surface area (Å²) in [6.07, 6.45) is 2.13. The Morgan fingerprint density at radius 1 is 1.20 bits per heavy atom. The van der Waals surface area contributed by atoms with Gasteiger partial charge in [-0.15, -0.1) is 0 Å². The van der Waals surface area contributed by atoms with Crippen LogP contribution in [0.15, 0.2) is 0 Å². The second-order valence-electron chi connectivity index (χ2n) is 0.735. The molecule has 1 heterocycles. The number of aromatic nitrogens is 3. The molecule has 44 valence electrons. The molecule has 0 aliphatic carbocycles. The van der Waals surface area contributed by atoms with Crippen LogP contribution >= 0.6 is 0 Å². The van der Waals surface area contributed by atoms with Crippen LogP contribution in [0, 0.1) is 6.33 Å². The number of hydrogen-bond acceptors (Lipinski definition) is 2. The smallest absolute Gasteiger partial charge is 0 e. The summed E-state index contributed by atoms with van der Waals surface area (Å²) in [5, 5.41) is 6.31. The van der Waals surface area contributed by atoms with Crippen LogP contribution in [0.2, 0.25) is 0 Å². The van der Waals surface area contributed by atoms with Gasteiger partial charge in [0.25, 0.3) is 0 Å². The molecule has 1 aromatic heterocycles. The first-order valence-electron chi connectivity index (χ1n) is 1.34. The zero-order valence-corrected chi connectivity index (χ0v) is 16.5. The van der Waals surface area contributed by atoms with E-state index in [0.29, 0.717) is 0 Å². The third kappa shape index (κ3) is 11.4. The molecule has 0 atom stereocenters. The van der Waals surface area contributed by atoms with Crippen molar-refractivity contribution in [2.45, 2.75) is 0 Å². The van der Waals surface area contributed by atoms with Gasteiger partial charge in [0.2, 0.25) is 0 Å². The van der Waals surface area contributed by atoms with Crippen molar-refractivity contribution >= 4 is 5.95 Å². The van der Waals surface area contributed by atoms with Crippen LogP contribution in [0.1, 0.15) is 0 Å². The van der Waals surface area contributed by atoms with E-state index in [1.165, 1.54) is 0 Å². The Balaban J connectivity index is -0.0000000450. The first-order chi connectivity index (χ1) is 2.89. The molecule has 10 heavy (non-hydrogen) atoms. The van der Waals surface area contributed by atoms with Crippen LogP contribution in [-0.2, 0) is 131 Å². The van der Waals surface area contributed by atoms with Gasteiger partial charge in [-0.1, -0.05) is 0 Å². The molecule has 0 fully saturated rings. The van der Waals surface area contributed by atoms with Gasteiger partial charge in [-0.2, -0.15) is 0 Å². The van der Waals surface area contributed by atoms with Crippen LogP contribution < -0.4 is 5.10 Å². The molecule has 0 spiro atoms. The van der Waals surface area contributed by atoms with Gasteiger partial charge >= 0.3 is 0 Å². The number of nitrogens with zero attached hydrogens (tertiary/aromatic N) is 3. The fourth-order valence-corrected chi connectivity index (χ4v) is 0.162. The van der Waals surface area contributed by atoms with E-state index in [1.54, 1.807) is 0 Å². The van der Waals surface area contributed by atoms with Gasteiger partial charge < -0.3 is 26.9 Å². The Kier molecular flexibility index (Phi) is 34.6. The van der Waals surface area contributed by atoms with Crippen molar-refractivity contribution in [3.8, 4) is 0 Å². The van der Waals surface area contributed by atoms with Crippen LogP contribution in [0.25, 0.3) is 5.73 Å². The molecule has 4 radical (unpaired) electrons. The van der Waals surface area contributed by atoms with Crippen molar-refractivity contribution in [1.29, 1.82) is 0 Å². The number of rotatable bonds is 0. The van der Waals surface area contributed by atoms with E-state index < -0.39 is 0 Å². The van der Waals surface area contributed by atoms with Crippen molar-refractivity contribution in [3.05, 3.63) is 12.1 Å². The van der Waals surface area contributed by atoms with E-state index in [-0.39, 0.29) is 137 Å². The second kappa shape index (κ2) is 14.9. The summed E-state index contributed by atoms with van der Waals surface area (Å²) in [5.74, 6) is -0.0741. The molecule has 4 nitrogen and oxygen atoms in total. The van der Waals surface area contributed by atoms with Gasteiger partial charge in [-0.3, -0.25) is 0 Å². The van der Waals surface area contributed by atoms with E-state index in [2.05, 4.69) is 21.5 Å². The molecule has 0 saturated heterocycles. The Bertz CT molecular complexity index is 119. The summed E-state index contributed by atoms with van der Waals surface area (Å²) in [6.45, 7) is 0. The maximum atomic E-state index is 6.56. The van der Waals surface area contributed by atoms with Crippen molar-refractivity contribution in [2.24, 2.45) is 0 Å². The van der Waals surface area contributed by atoms with Crippen LogP contribution in [0.3, 0.4) is 0 Å². The summed E-state index contributed by atoms with van der Waals surface area (Å²) >= 11 is 0. The molecule has 0 aliphatic rings. The summed E-state index contributed by atoms with van der Waals surface area (Å²) in [5.41, 5.74) is 6.56. The third-order valence-electron chi connectivity index (χ3n) is 0.345. The predicted molar refractivity (Wildman–Crippen MR) is 18.2 cm³/mol. The standard InChI is InChI=1S/C2HN4.4Y/c3-2-4-1-5-6-2;;;;/h(H-2,3,4,5,6);;;;/q-3;;;;. The van der Waals surface area contributed by atoms with Gasteiger partial charge in [0.1, 0.15) is 0 Å². The molecule has 0 aromatic carbocycles. The Hall–Kier alpha value is 3.36. The average molecular weight is 437 g/mol. The summed E-state index contributed by atoms with van der Waals surface area (Å²) in [6, 6.07) is 0. The Morgan fingerprint density at radius 3 is 1.80 bits per heavy atom. The SMILES string of the molecule is [NH-]c1n[c-]n[n-]1.[Y].[Y].[Y].[Y]. The van der Waals surface area contributed by atoms with Crippen molar-refractivity contribution in [2.75, 3.05) is 0 Å². The number of hydrogen-bond donors (Lipinski definition) is 0. The van der Waals surface area contributed by atoms with E-state index in [9.17, 15) is 0 Å².